The van der Waals surface area contributed by atoms with Crippen LogP contribution in [0.1, 0.15) is 49.4 Å². The Kier molecular flexibility index (Phi) is 6.84. The largest absolute Gasteiger partial charge is 0.371 e. The summed E-state index contributed by atoms with van der Waals surface area (Å²) in [6, 6.07) is 7.66. The summed E-state index contributed by atoms with van der Waals surface area (Å²) >= 11 is 0. The summed E-state index contributed by atoms with van der Waals surface area (Å²) in [7, 11) is 23.7. The molecule has 164 valence electrons. The fraction of sp³-hybridized carbons (Fsp3) is 0.435. The van der Waals surface area contributed by atoms with E-state index in [-0.39, 0.29) is 40.4 Å². The molecule has 33 heavy (non-hydrogen) atoms. The van der Waals surface area contributed by atoms with Gasteiger partial charge in [0, 0.05) is 30.8 Å². The number of hydrogen-bond acceptors (Lipinski definition) is 4. The maximum atomic E-state index is 13.6. The molecular weight excluding hydrogens is 415 g/mol. The van der Waals surface area contributed by atoms with E-state index in [1.54, 1.807) is 12.1 Å². The first-order valence-corrected chi connectivity index (χ1v) is 10.7. The predicted molar refractivity (Wildman–Crippen MR) is 131 cm³/mol. The molecule has 2 aromatic rings. The van der Waals surface area contributed by atoms with Gasteiger partial charge in [0.1, 0.15) is 11.5 Å². The second-order valence-electron chi connectivity index (χ2n) is 9.95. The van der Waals surface area contributed by atoms with E-state index in [1.165, 1.54) is 18.2 Å². The van der Waals surface area contributed by atoms with E-state index in [1.807, 2.05) is 25.7 Å². The first-order chi connectivity index (χ1) is 15.0. The Bertz CT molecular complexity index is 1020. The van der Waals surface area contributed by atoms with E-state index >= 15 is 0 Å². The monoisotopic (exact) mass is 440 g/mol. The average molecular weight is 440 g/mol. The van der Waals surface area contributed by atoms with E-state index in [4.69, 9.17) is 31.4 Å². The SMILES string of the molecule is [B]C([B])([B])c1cc(N2CCc3cc(F)ccc3C2)cc(C([B])(O)O)c1NC(=O)CC(C)(C)C. The fourth-order valence-electron chi connectivity index (χ4n) is 3.98. The van der Waals surface area contributed by atoms with Crippen LogP contribution in [-0.4, -0.2) is 54.1 Å². The van der Waals surface area contributed by atoms with E-state index in [0.717, 1.165) is 11.1 Å². The van der Waals surface area contributed by atoms with Crippen molar-refractivity contribution in [2.75, 3.05) is 16.8 Å². The molecule has 1 aliphatic rings. The van der Waals surface area contributed by atoms with Gasteiger partial charge in [-0.05, 0) is 52.8 Å². The third-order valence-electron chi connectivity index (χ3n) is 5.49. The summed E-state index contributed by atoms with van der Waals surface area (Å²) < 4.78 is 13.6. The number of carbonyl (C=O) groups is 1. The van der Waals surface area contributed by atoms with Gasteiger partial charge < -0.3 is 20.4 Å². The van der Waals surface area contributed by atoms with Crippen LogP contribution in [0.5, 0.6) is 0 Å². The standard InChI is InChI=1S/C23H25B4FN2O3/c1-21(2,3)11-19(31)29-20-17(22(24,25)26)9-16(10-18(20)23(27,32)33)30-7-6-13-8-15(28)5-4-14(13)12-30/h4-5,8-10,32-33H,6-7,11-12H2,1-3H3,(H,29,31). The highest BCUT2D eigenvalue weighted by molar-refractivity contribution is 6.59. The number of hydrogen-bond donors (Lipinski definition) is 3. The van der Waals surface area contributed by atoms with Crippen LogP contribution in [0.25, 0.3) is 0 Å². The van der Waals surface area contributed by atoms with Crippen LogP contribution in [0, 0.1) is 11.2 Å². The van der Waals surface area contributed by atoms with Gasteiger partial charge in [-0.15, -0.1) is 5.11 Å². The number of carbonyl (C=O) groups excluding carboxylic acids is 1. The molecule has 0 bridgehead atoms. The Morgan fingerprint density at radius 2 is 1.70 bits per heavy atom. The van der Waals surface area contributed by atoms with E-state index < -0.39 is 10.8 Å². The number of nitrogens with one attached hydrogen (secondary N) is 1. The van der Waals surface area contributed by atoms with Crippen LogP contribution in [0.4, 0.5) is 15.8 Å². The van der Waals surface area contributed by atoms with Crippen molar-refractivity contribution < 1.29 is 19.4 Å². The Balaban J connectivity index is 2.08. The summed E-state index contributed by atoms with van der Waals surface area (Å²) in [5.41, 5.74) is -0.945. The molecule has 5 nitrogen and oxygen atoms in total. The molecule has 0 fully saturated rings. The summed E-state index contributed by atoms with van der Waals surface area (Å²) in [5, 5.41) is 21.4. The lowest BCUT2D eigenvalue weighted by Crippen LogP contribution is -2.36. The minimum atomic E-state index is -2.81. The molecule has 8 radical (unpaired) electrons. The van der Waals surface area contributed by atoms with E-state index in [2.05, 4.69) is 5.32 Å². The van der Waals surface area contributed by atoms with Gasteiger partial charge in [0.05, 0.1) is 29.2 Å². The number of amides is 1. The highest BCUT2D eigenvalue weighted by Crippen LogP contribution is 2.38. The van der Waals surface area contributed by atoms with Gasteiger partial charge in [-0.1, -0.05) is 26.8 Å². The van der Waals surface area contributed by atoms with Crippen LogP contribution < -0.4 is 10.2 Å². The highest BCUT2D eigenvalue weighted by Gasteiger charge is 2.31. The van der Waals surface area contributed by atoms with Crippen molar-refractivity contribution in [1.29, 1.82) is 0 Å². The zero-order chi connectivity index (χ0) is 24.8. The van der Waals surface area contributed by atoms with Crippen molar-refractivity contribution in [2.45, 2.75) is 51.0 Å². The van der Waals surface area contributed by atoms with Crippen molar-refractivity contribution in [3.05, 3.63) is 58.4 Å². The van der Waals surface area contributed by atoms with Gasteiger partial charge >= 0.3 is 0 Å². The summed E-state index contributed by atoms with van der Waals surface area (Å²) in [6.07, 6.45) is 0.723. The second kappa shape index (κ2) is 8.88. The molecule has 3 rings (SSSR count). The summed E-state index contributed by atoms with van der Waals surface area (Å²) in [6.45, 7) is 6.63. The molecule has 0 spiro atoms. The minimum absolute atomic E-state index is 0.0486. The van der Waals surface area contributed by atoms with Crippen LogP contribution >= 0.6 is 0 Å². The third-order valence-corrected chi connectivity index (χ3v) is 5.49. The van der Waals surface area contributed by atoms with Crippen molar-refractivity contribution in [2.24, 2.45) is 5.41 Å². The second-order valence-corrected chi connectivity index (χ2v) is 9.95. The van der Waals surface area contributed by atoms with Crippen LogP contribution in [-0.2, 0) is 28.6 Å². The van der Waals surface area contributed by atoms with Gasteiger partial charge in [-0.3, -0.25) is 4.79 Å². The summed E-state index contributed by atoms with van der Waals surface area (Å²) in [5.74, 6) is -0.685. The number of rotatable bonds is 5. The molecule has 0 unspecified atom stereocenters. The number of fused-ring (bicyclic) bond motifs is 1. The number of aliphatic hydroxyl groups is 2. The Morgan fingerprint density at radius 1 is 1.06 bits per heavy atom. The first kappa shape index (κ1) is 25.4. The Morgan fingerprint density at radius 3 is 2.27 bits per heavy atom. The normalized spacial score (nSPS) is 14.7. The quantitative estimate of drug-likeness (QED) is 0.489. The molecule has 0 aromatic heterocycles. The van der Waals surface area contributed by atoms with E-state index in [0.29, 0.717) is 25.2 Å². The molecule has 0 aliphatic carbocycles. The van der Waals surface area contributed by atoms with Crippen molar-refractivity contribution in [3.63, 3.8) is 0 Å². The molecule has 2 aromatic carbocycles. The van der Waals surface area contributed by atoms with Gasteiger partial charge in [0.2, 0.25) is 5.91 Å². The predicted octanol–water partition coefficient (Wildman–Crippen LogP) is 1.64. The lowest BCUT2D eigenvalue weighted by molar-refractivity contribution is -0.117. The van der Waals surface area contributed by atoms with Crippen LogP contribution in [0.2, 0.25) is 0 Å². The van der Waals surface area contributed by atoms with E-state index in [9.17, 15) is 19.4 Å². The fourth-order valence-corrected chi connectivity index (χ4v) is 3.98. The van der Waals surface area contributed by atoms with Crippen LogP contribution in [0.15, 0.2) is 30.3 Å². The molecule has 0 atom stereocenters. The smallest absolute Gasteiger partial charge is 0.224 e. The minimum Gasteiger partial charge on any atom is -0.371 e. The van der Waals surface area contributed by atoms with Crippen LogP contribution in [0.3, 0.4) is 0 Å². The molecule has 1 heterocycles. The Labute approximate surface area is 199 Å². The zero-order valence-electron chi connectivity index (χ0n) is 19.2. The third kappa shape index (κ3) is 6.24. The number of benzene rings is 2. The van der Waals surface area contributed by atoms with Gasteiger partial charge in [-0.2, -0.15) is 0 Å². The summed E-state index contributed by atoms with van der Waals surface area (Å²) in [4.78, 5) is 14.6. The molecule has 0 saturated carbocycles. The topological polar surface area (TPSA) is 72.8 Å². The number of halogens is 1. The maximum absolute atomic E-state index is 13.6. The van der Waals surface area contributed by atoms with Gasteiger partial charge in [0.25, 0.3) is 0 Å². The molecule has 1 amide bonds. The molecule has 10 heteroatoms. The number of nitrogens with zero attached hydrogens (tertiary/aromatic N) is 1. The van der Waals surface area contributed by atoms with Gasteiger partial charge in [-0.25, -0.2) is 4.39 Å². The molecule has 3 N–H and O–H groups in total. The van der Waals surface area contributed by atoms with Crippen molar-refractivity contribution >= 4 is 48.7 Å². The lowest BCUT2D eigenvalue weighted by Gasteiger charge is -2.36. The van der Waals surface area contributed by atoms with Crippen molar-refractivity contribution in [1.82, 2.24) is 0 Å². The average Bonchev–Trinajstić information content (AvgIpc) is 2.64. The first-order valence-electron chi connectivity index (χ1n) is 10.7. The van der Waals surface area contributed by atoms with Crippen molar-refractivity contribution in [3.8, 4) is 0 Å². The lowest BCUT2D eigenvalue weighted by atomic mass is 9.39. The number of anilines is 2. The molecule has 1 aliphatic heterocycles. The Hall–Kier alpha value is -2.18. The highest BCUT2D eigenvalue weighted by atomic mass is 19.1. The maximum Gasteiger partial charge on any atom is 0.224 e. The molecular formula is C23H25B4FN2O3. The van der Waals surface area contributed by atoms with Gasteiger partial charge in [0.15, 0.2) is 7.85 Å². The molecule has 0 saturated heterocycles. The zero-order valence-corrected chi connectivity index (χ0v) is 19.2.